The van der Waals surface area contributed by atoms with Gasteiger partial charge in [0.25, 0.3) is 0 Å². The molecule has 0 heterocycles. The van der Waals surface area contributed by atoms with Crippen molar-refractivity contribution in [3.05, 3.63) is 29.3 Å². The van der Waals surface area contributed by atoms with Crippen molar-refractivity contribution in [1.82, 2.24) is 4.90 Å². The number of rotatable bonds is 8. The molecule has 0 saturated heterocycles. The van der Waals surface area contributed by atoms with Crippen LogP contribution >= 0.6 is 11.6 Å². The quantitative estimate of drug-likeness (QED) is 0.745. The molecule has 122 valence electrons. The highest BCUT2D eigenvalue weighted by Gasteiger charge is 2.15. The van der Waals surface area contributed by atoms with Crippen LogP contribution in [0.3, 0.4) is 0 Å². The standard InChI is InChI=1S/C15H21ClN2O4/c1-3-22-14(19)7-8-18(9-10-21-2)15(20)17-13-6-4-5-12(16)11-13/h4-6,11H,3,7-10H2,1-2H3,(H,17,20). The second-order valence-electron chi connectivity index (χ2n) is 4.48. The van der Waals surface area contributed by atoms with Gasteiger partial charge in [-0.3, -0.25) is 4.79 Å². The Labute approximate surface area is 135 Å². The van der Waals surface area contributed by atoms with E-state index < -0.39 is 0 Å². The molecule has 0 aliphatic rings. The highest BCUT2D eigenvalue weighted by atomic mass is 35.5. The van der Waals surface area contributed by atoms with Gasteiger partial charge in [0.1, 0.15) is 0 Å². The summed E-state index contributed by atoms with van der Waals surface area (Å²) in [6.45, 7) is 3.08. The van der Waals surface area contributed by atoms with Gasteiger partial charge < -0.3 is 19.7 Å². The second-order valence-corrected chi connectivity index (χ2v) is 4.91. The fraction of sp³-hybridized carbons (Fsp3) is 0.467. The number of benzene rings is 1. The van der Waals surface area contributed by atoms with Crippen LogP contribution in [0.1, 0.15) is 13.3 Å². The topological polar surface area (TPSA) is 67.9 Å². The number of halogens is 1. The van der Waals surface area contributed by atoms with Crippen LogP contribution in [-0.2, 0) is 14.3 Å². The summed E-state index contributed by atoms with van der Waals surface area (Å²) in [5.74, 6) is -0.333. The molecule has 0 aromatic heterocycles. The Morgan fingerprint density at radius 3 is 2.73 bits per heavy atom. The molecule has 0 spiro atoms. The number of amides is 2. The second kappa shape index (κ2) is 10.0. The summed E-state index contributed by atoms with van der Waals surface area (Å²) in [4.78, 5) is 25.2. The van der Waals surface area contributed by atoms with Gasteiger partial charge in [0.15, 0.2) is 0 Å². The molecule has 7 heteroatoms. The number of anilines is 1. The van der Waals surface area contributed by atoms with Crippen molar-refractivity contribution in [3.63, 3.8) is 0 Å². The molecule has 0 saturated carbocycles. The number of carbonyl (C=O) groups is 2. The van der Waals surface area contributed by atoms with Crippen molar-refractivity contribution in [3.8, 4) is 0 Å². The van der Waals surface area contributed by atoms with E-state index in [9.17, 15) is 9.59 Å². The Bertz CT molecular complexity index is 496. The van der Waals surface area contributed by atoms with Crippen molar-refractivity contribution in [2.75, 3.05) is 38.7 Å². The number of esters is 1. The Morgan fingerprint density at radius 1 is 1.32 bits per heavy atom. The van der Waals surface area contributed by atoms with Crippen LogP contribution < -0.4 is 5.32 Å². The zero-order chi connectivity index (χ0) is 16.4. The summed E-state index contributed by atoms with van der Waals surface area (Å²) >= 11 is 5.88. The fourth-order valence-electron chi connectivity index (χ4n) is 1.74. The van der Waals surface area contributed by atoms with Crippen molar-refractivity contribution in [2.24, 2.45) is 0 Å². The van der Waals surface area contributed by atoms with Gasteiger partial charge in [0.05, 0.1) is 19.6 Å². The Hall–Kier alpha value is -1.79. The highest BCUT2D eigenvalue weighted by Crippen LogP contribution is 2.15. The molecule has 22 heavy (non-hydrogen) atoms. The summed E-state index contributed by atoms with van der Waals surface area (Å²) in [6.07, 6.45) is 0.139. The predicted molar refractivity (Wildman–Crippen MR) is 85.2 cm³/mol. The van der Waals surface area contributed by atoms with Crippen molar-refractivity contribution in [1.29, 1.82) is 0 Å². The Kier molecular flexibility index (Phi) is 8.32. The molecule has 6 nitrogen and oxygen atoms in total. The van der Waals surface area contributed by atoms with Crippen molar-refractivity contribution < 1.29 is 19.1 Å². The van der Waals surface area contributed by atoms with E-state index >= 15 is 0 Å². The van der Waals surface area contributed by atoms with Gasteiger partial charge in [0.2, 0.25) is 0 Å². The first-order valence-electron chi connectivity index (χ1n) is 7.03. The van der Waals surface area contributed by atoms with Gasteiger partial charge in [0, 0.05) is 30.9 Å². The van der Waals surface area contributed by atoms with Crippen LogP contribution in [0.25, 0.3) is 0 Å². The lowest BCUT2D eigenvalue weighted by Crippen LogP contribution is -2.38. The highest BCUT2D eigenvalue weighted by molar-refractivity contribution is 6.30. The third-order valence-electron chi connectivity index (χ3n) is 2.82. The number of methoxy groups -OCH3 is 1. The molecular formula is C15H21ClN2O4. The lowest BCUT2D eigenvalue weighted by molar-refractivity contribution is -0.143. The molecule has 0 aliphatic heterocycles. The van der Waals surface area contributed by atoms with Crippen LogP contribution in [0.5, 0.6) is 0 Å². The van der Waals surface area contributed by atoms with E-state index in [1.807, 2.05) is 0 Å². The van der Waals surface area contributed by atoms with E-state index in [-0.39, 0.29) is 25.0 Å². The maximum Gasteiger partial charge on any atom is 0.321 e. The molecule has 0 fully saturated rings. The summed E-state index contributed by atoms with van der Waals surface area (Å²) in [7, 11) is 1.55. The summed E-state index contributed by atoms with van der Waals surface area (Å²) < 4.78 is 9.85. The van der Waals surface area contributed by atoms with Crippen LogP contribution in [0.15, 0.2) is 24.3 Å². The number of nitrogens with one attached hydrogen (secondary N) is 1. The van der Waals surface area contributed by atoms with E-state index in [4.69, 9.17) is 21.1 Å². The number of hydrogen-bond acceptors (Lipinski definition) is 4. The molecule has 1 N–H and O–H groups in total. The molecule has 1 rings (SSSR count). The maximum absolute atomic E-state index is 12.3. The average Bonchev–Trinajstić information content (AvgIpc) is 2.47. The van der Waals surface area contributed by atoms with Crippen molar-refractivity contribution in [2.45, 2.75) is 13.3 Å². The van der Waals surface area contributed by atoms with Gasteiger partial charge in [-0.2, -0.15) is 0 Å². The third kappa shape index (κ3) is 6.78. The fourth-order valence-corrected chi connectivity index (χ4v) is 1.93. The number of carbonyl (C=O) groups excluding carboxylic acids is 2. The molecule has 1 aromatic rings. The first-order valence-corrected chi connectivity index (χ1v) is 7.40. The molecule has 0 unspecified atom stereocenters. The van der Waals surface area contributed by atoms with Crippen LogP contribution in [0, 0.1) is 0 Å². The van der Waals surface area contributed by atoms with E-state index in [0.29, 0.717) is 30.5 Å². The van der Waals surface area contributed by atoms with Gasteiger partial charge in [-0.05, 0) is 25.1 Å². The Balaban J connectivity index is 2.61. The average molecular weight is 329 g/mol. The molecule has 0 aliphatic carbocycles. The largest absolute Gasteiger partial charge is 0.466 e. The maximum atomic E-state index is 12.3. The summed E-state index contributed by atoms with van der Waals surface area (Å²) in [5, 5.41) is 3.28. The first-order chi connectivity index (χ1) is 10.6. The van der Waals surface area contributed by atoms with Gasteiger partial charge in [-0.1, -0.05) is 17.7 Å². The number of ether oxygens (including phenoxy) is 2. The molecule has 0 bridgehead atoms. The monoisotopic (exact) mass is 328 g/mol. The summed E-state index contributed by atoms with van der Waals surface area (Å²) in [6, 6.07) is 6.54. The lowest BCUT2D eigenvalue weighted by atomic mass is 10.3. The van der Waals surface area contributed by atoms with Gasteiger partial charge in [-0.15, -0.1) is 0 Å². The molecular weight excluding hydrogens is 308 g/mol. The predicted octanol–water partition coefficient (Wildman–Crippen LogP) is 2.77. The van der Waals surface area contributed by atoms with E-state index in [0.717, 1.165) is 0 Å². The zero-order valence-electron chi connectivity index (χ0n) is 12.8. The van der Waals surface area contributed by atoms with Gasteiger partial charge in [-0.25, -0.2) is 4.79 Å². The molecule has 2 amide bonds. The van der Waals surface area contributed by atoms with Crippen molar-refractivity contribution >= 4 is 29.3 Å². The Morgan fingerprint density at radius 2 is 2.09 bits per heavy atom. The minimum absolute atomic E-state index is 0.139. The number of urea groups is 1. The van der Waals surface area contributed by atoms with Gasteiger partial charge >= 0.3 is 12.0 Å². The number of hydrogen-bond donors (Lipinski definition) is 1. The van der Waals surface area contributed by atoms with E-state index in [2.05, 4.69) is 5.32 Å². The van der Waals surface area contributed by atoms with E-state index in [1.54, 1.807) is 38.3 Å². The minimum atomic E-state index is -0.333. The minimum Gasteiger partial charge on any atom is -0.466 e. The molecule has 1 aromatic carbocycles. The van der Waals surface area contributed by atoms with Crippen LogP contribution in [0.4, 0.5) is 10.5 Å². The third-order valence-corrected chi connectivity index (χ3v) is 3.05. The van der Waals surface area contributed by atoms with E-state index in [1.165, 1.54) is 4.90 Å². The number of nitrogens with zero attached hydrogens (tertiary/aromatic N) is 1. The van der Waals surface area contributed by atoms with Crippen LogP contribution in [0.2, 0.25) is 5.02 Å². The molecule has 0 radical (unpaired) electrons. The normalized spacial score (nSPS) is 10.1. The molecule has 0 atom stereocenters. The van der Waals surface area contributed by atoms with Crippen LogP contribution in [-0.4, -0.2) is 50.3 Å². The zero-order valence-corrected chi connectivity index (χ0v) is 13.6. The summed E-state index contributed by atoms with van der Waals surface area (Å²) in [5.41, 5.74) is 0.594. The lowest BCUT2D eigenvalue weighted by Gasteiger charge is -2.22. The first kappa shape index (κ1) is 18.3. The smallest absolute Gasteiger partial charge is 0.321 e. The SMILES string of the molecule is CCOC(=O)CCN(CCOC)C(=O)Nc1cccc(Cl)c1.